The highest BCUT2D eigenvalue weighted by Crippen LogP contribution is 2.07. The van der Waals surface area contributed by atoms with E-state index >= 15 is 0 Å². The van der Waals surface area contributed by atoms with E-state index in [0.717, 1.165) is 12.2 Å². The molecule has 0 aliphatic heterocycles. The van der Waals surface area contributed by atoms with Crippen molar-refractivity contribution < 1.29 is 9.47 Å². The lowest BCUT2D eigenvalue weighted by Gasteiger charge is -2.18. The molecule has 1 aromatic heterocycles. The number of aromatic nitrogens is 2. The van der Waals surface area contributed by atoms with Crippen LogP contribution in [0.4, 0.5) is 5.69 Å². The zero-order valence-corrected chi connectivity index (χ0v) is 12.8. The summed E-state index contributed by atoms with van der Waals surface area (Å²) in [7, 11) is 1.93. The lowest BCUT2D eigenvalue weighted by molar-refractivity contribution is -0.141. The Kier molecular flexibility index (Phi) is 7.25. The first-order chi connectivity index (χ1) is 9.62. The molecule has 0 unspecified atom stereocenters. The van der Waals surface area contributed by atoms with Crippen LogP contribution < -0.4 is 10.5 Å². The van der Waals surface area contributed by atoms with E-state index in [0.29, 0.717) is 26.2 Å². The van der Waals surface area contributed by atoms with Crippen LogP contribution in [0.3, 0.4) is 0 Å². The Bertz CT molecular complexity index is 442. The van der Waals surface area contributed by atoms with Crippen molar-refractivity contribution in [2.75, 3.05) is 31.7 Å². The molecule has 0 radical (unpaired) electrons. The second-order valence-electron chi connectivity index (χ2n) is 4.42. The molecule has 6 heteroatoms. The first kappa shape index (κ1) is 16.7. The topological polar surface area (TPSA) is 56.6 Å². The van der Waals surface area contributed by atoms with Crippen LogP contribution >= 0.6 is 0 Å². The summed E-state index contributed by atoms with van der Waals surface area (Å²) in [6.07, 6.45) is 2.04. The summed E-state index contributed by atoms with van der Waals surface area (Å²) in [6, 6.07) is 1.60. The molecule has 0 aliphatic rings. The first-order valence-electron chi connectivity index (χ1n) is 7.13. The Labute approximate surface area is 120 Å². The molecule has 20 heavy (non-hydrogen) atoms. The zero-order valence-electron chi connectivity index (χ0n) is 12.8. The van der Waals surface area contributed by atoms with E-state index in [1.54, 1.807) is 12.3 Å². The molecule has 0 aromatic carbocycles. The number of hydrogen-bond acceptors (Lipinski definition) is 5. The third-order valence-electron chi connectivity index (χ3n) is 3.05. The van der Waals surface area contributed by atoms with Gasteiger partial charge in [-0.2, -0.15) is 5.10 Å². The van der Waals surface area contributed by atoms with E-state index in [9.17, 15) is 4.79 Å². The summed E-state index contributed by atoms with van der Waals surface area (Å²) in [5.41, 5.74) is 0.731. The molecule has 1 aromatic rings. The van der Waals surface area contributed by atoms with Gasteiger partial charge in [-0.15, -0.1) is 0 Å². The van der Waals surface area contributed by atoms with E-state index in [1.807, 2.05) is 32.7 Å². The smallest absolute Gasteiger partial charge is 0.268 e. The Hall–Kier alpha value is -1.40. The van der Waals surface area contributed by atoms with E-state index < -0.39 is 0 Å². The lowest BCUT2D eigenvalue weighted by Crippen LogP contribution is -2.28. The minimum atomic E-state index is -0.281. The van der Waals surface area contributed by atoms with Crippen LogP contribution in [-0.4, -0.2) is 42.9 Å². The fourth-order valence-corrected chi connectivity index (χ4v) is 1.80. The Morgan fingerprint density at radius 3 is 2.45 bits per heavy atom. The molecule has 0 saturated heterocycles. The molecule has 0 spiro atoms. The summed E-state index contributed by atoms with van der Waals surface area (Å²) in [6.45, 7) is 8.37. The molecular formula is C14H25N3O3. The van der Waals surface area contributed by atoms with Gasteiger partial charge in [0.2, 0.25) is 0 Å². The molecule has 0 atom stereocenters. The maximum Gasteiger partial charge on any atom is 0.268 e. The normalized spacial score (nSPS) is 11.1. The van der Waals surface area contributed by atoms with Gasteiger partial charge in [-0.3, -0.25) is 4.79 Å². The van der Waals surface area contributed by atoms with Crippen molar-refractivity contribution in [2.45, 2.75) is 40.0 Å². The molecule has 0 N–H and O–H groups in total. The van der Waals surface area contributed by atoms with Gasteiger partial charge in [0.25, 0.3) is 5.56 Å². The number of rotatable bonds is 9. The Balaban J connectivity index is 2.66. The Morgan fingerprint density at radius 2 is 1.95 bits per heavy atom. The molecule has 0 fully saturated rings. The van der Waals surface area contributed by atoms with Crippen LogP contribution in [0, 0.1) is 0 Å². The predicted molar refractivity (Wildman–Crippen MR) is 79.1 cm³/mol. The highest BCUT2D eigenvalue weighted by molar-refractivity contribution is 5.41. The monoisotopic (exact) mass is 283 g/mol. The van der Waals surface area contributed by atoms with Crippen molar-refractivity contribution in [3.8, 4) is 0 Å². The van der Waals surface area contributed by atoms with Crippen LogP contribution in [0.25, 0.3) is 0 Å². The van der Waals surface area contributed by atoms with Gasteiger partial charge in [0.05, 0.1) is 11.9 Å². The zero-order chi connectivity index (χ0) is 15.0. The second kappa shape index (κ2) is 8.71. The SMILES string of the molecule is CCOC(CCn1ncc(N(C)CC)cc1=O)OCC. The molecule has 6 nitrogen and oxygen atoms in total. The van der Waals surface area contributed by atoms with Gasteiger partial charge in [0, 0.05) is 45.8 Å². The van der Waals surface area contributed by atoms with Gasteiger partial charge in [0.15, 0.2) is 6.29 Å². The van der Waals surface area contributed by atoms with Gasteiger partial charge < -0.3 is 14.4 Å². The average Bonchev–Trinajstić information content (AvgIpc) is 2.45. The molecule has 0 saturated carbocycles. The summed E-state index contributed by atoms with van der Waals surface area (Å²) in [5.74, 6) is 0. The van der Waals surface area contributed by atoms with Crippen molar-refractivity contribution in [3.63, 3.8) is 0 Å². The summed E-state index contributed by atoms with van der Waals surface area (Å²) >= 11 is 0. The van der Waals surface area contributed by atoms with Gasteiger partial charge in [0.1, 0.15) is 0 Å². The van der Waals surface area contributed by atoms with Gasteiger partial charge >= 0.3 is 0 Å². The van der Waals surface area contributed by atoms with Gasteiger partial charge in [-0.05, 0) is 20.8 Å². The van der Waals surface area contributed by atoms with Crippen molar-refractivity contribution in [2.24, 2.45) is 0 Å². The molecular weight excluding hydrogens is 258 g/mol. The highest BCUT2D eigenvalue weighted by Gasteiger charge is 2.10. The molecule has 0 amide bonds. The number of ether oxygens (including phenoxy) is 2. The van der Waals surface area contributed by atoms with Gasteiger partial charge in [-0.1, -0.05) is 0 Å². The quantitative estimate of drug-likeness (QED) is 0.643. The first-order valence-corrected chi connectivity index (χ1v) is 7.13. The maximum atomic E-state index is 12.0. The number of hydrogen-bond donors (Lipinski definition) is 0. The predicted octanol–water partition coefficient (Wildman–Crippen LogP) is 1.49. The van der Waals surface area contributed by atoms with Crippen molar-refractivity contribution >= 4 is 5.69 Å². The molecule has 1 heterocycles. The highest BCUT2D eigenvalue weighted by atomic mass is 16.7. The summed E-state index contributed by atoms with van der Waals surface area (Å²) in [4.78, 5) is 14.0. The van der Waals surface area contributed by atoms with Crippen LogP contribution in [0.1, 0.15) is 27.2 Å². The fourth-order valence-electron chi connectivity index (χ4n) is 1.80. The van der Waals surface area contributed by atoms with E-state index in [4.69, 9.17) is 9.47 Å². The third kappa shape index (κ3) is 4.94. The van der Waals surface area contributed by atoms with E-state index in [-0.39, 0.29) is 11.8 Å². The fraction of sp³-hybridized carbons (Fsp3) is 0.714. The third-order valence-corrected chi connectivity index (χ3v) is 3.05. The summed E-state index contributed by atoms with van der Waals surface area (Å²) < 4.78 is 12.3. The van der Waals surface area contributed by atoms with E-state index in [2.05, 4.69) is 5.10 Å². The number of anilines is 1. The average molecular weight is 283 g/mol. The minimum absolute atomic E-state index is 0.102. The van der Waals surface area contributed by atoms with E-state index in [1.165, 1.54) is 4.68 Å². The molecule has 114 valence electrons. The molecule has 0 bridgehead atoms. The Morgan fingerprint density at radius 1 is 1.30 bits per heavy atom. The maximum absolute atomic E-state index is 12.0. The van der Waals surface area contributed by atoms with Crippen molar-refractivity contribution in [1.29, 1.82) is 0 Å². The van der Waals surface area contributed by atoms with Crippen LogP contribution in [0.2, 0.25) is 0 Å². The van der Waals surface area contributed by atoms with Crippen LogP contribution in [-0.2, 0) is 16.0 Å². The second-order valence-corrected chi connectivity index (χ2v) is 4.42. The largest absolute Gasteiger partial charge is 0.373 e. The van der Waals surface area contributed by atoms with Crippen LogP contribution in [0.15, 0.2) is 17.1 Å². The molecule has 0 aliphatic carbocycles. The standard InChI is InChI=1S/C14H25N3O3/c1-5-16(4)12-10-13(18)17(15-11-12)9-8-14(19-6-2)20-7-3/h10-11,14H,5-9H2,1-4H3. The summed E-state index contributed by atoms with van der Waals surface area (Å²) in [5, 5.41) is 4.19. The van der Waals surface area contributed by atoms with Crippen molar-refractivity contribution in [1.82, 2.24) is 9.78 Å². The lowest BCUT2D eigenvalue weighted by atomic mass is 10.4. The number of aryl methyl sites for hydroxylation is 1. The van der Waals surface area contributed by atoms with Crippen LogP contribution in [0.5, 0.6) is 0 Å². The van der Waals surface area contributed by atoms with Gasteiger partial charge in [-0.25, -0.2) is 4.68 Å². The minimum Gasteiger partial charge on any atom is -0.373 e. The molecule has 1 rings (SSSR count). The number of nitrogens with zero attached hydrogens (tertiary/aromatic N) is 3. The van der Waals surface area contributed by atoms with Crippen molar-refractivity contribution in [3.05, 3.63) is 22.6 Å².